The molecule has 1 N–H and O–H groups in total. The summed E-state index contributed by atoms with van der Waals surface area (Å²) in [7, 11) is 0. The van der Waals surface area contributed by atoms with E-state index in [1.165, 1.54) is 11.3 Å². The molecule has 4 heteroatoms. The molecule has 76 valence electrons. The molecule has 0 radical (unpaired) electrons. The Bertz CT molecular complexity index is 527. The highest BCUT2D eigenvalue weighted by Gasteiger charge is 2.15. The van der Waals surface area contributed by atoms with Crippen molar-refractivity contribution in [1.82, 2.24) is 0 Å². The number of hydrogen-bond donors (Lipinski definition) is 1. The highest BCUT2D eigenvalue weighted by Crippen LogP contribution is 2.26. The lowest BCUT2D eigenvalue weighted by Crippen LogP contribution is -2.05. The molecule has 0 amide bonds. The molecular weight excluding hydrogens is 212 g/mol. The Hall–Kier alpha value is -1.68. The third-order valence-corrected chi connectivity index (χ3v) is 3.13. The Morgan fingerprint density at radius 3 is 2.73 bits per heavy atom. The van der Waals surface area contributed by atoms with Crippen LogP contribution in [0.25, 0.3) is 10.8 Å². The summed E-state index contributed by atoms with van der Waals surface area (Å²) >= 11 is 1.30. The zero-order valence-corrected chi connectivity index (χ0v) is 8.58. The van der Waals surface area contributed by atoms with Gasteiger partial charge in [0.15, 0.2) is 5.78 Å². The molecule has 0 bridgehead atoms. The first-order chi connectivity index (χ1) is 7.18. The minimum absolute atomic E-state index is 0.325. The number of hydrogen-bond acceptors (Lipinski definition) is 3. The lowest BCUT2D eigenvalue weighted by molar-refractivity contribution is -0.135. The summed E-state index contributed by atoms with van der Waals surface area (Å²) < 4.78 is 0. The van der Waals surface area contributed by atoms with Gasteiger partial charge in [-0.15, -0.1) is 11.3 Å². The van der Waals surface area contributed by atoms with Crippen molar-refractivity contribution in [1.29, 1.82) is 0 Å². The van der Waals surface area contributed by atoms with Crippen LogP contribution in [0.15, 0.2) is 29.6 Å². The molecule has 0 unspecified atom stereocenters. The van der Waals surface area contributed by atoms with Gasteiger partial charge in [0.1, 0.15) is 6.42 Å². The van der Waals surface area contributed by atoms with Gasteiger partial charge in [-0.1, -0.05) is 24.3 Å². The highest BCUT2D eigenvalue weighted by molar-refractivity contribution is 7.13. The van der Waals surface area contributed by atoms with Crippen molar-refractivity contribution < 1.29 is 14.7 Å². The normalized spacial score (nSPS) is 10.4. The Balaban J connectivity index is 2.44. The number of aliphatic carboxylic acids is 1. The number of Topliss-reactive ketones (excluding diaryl/α,β-unsaturated/α-hetero) is 1. The average Bonchev–Trinajstić information content (AvgIpc) is 2.59. The molecule has 3 nitrogen and oxygen atoms in total. The van der Waals surface area contributed by atoms with E-state index >= 15 is 0 Å². The van der Waals surface area contributed by atoms with Gasteiger partial charge >= 0.3 is 5.97 Å². The van der Waals surface area contributed by atoms with E-state index < -0.39 is 12.4 Å². The number of carbonyl (C=O) groups excluding carboxylic acids is 1. The molecule has 2 rings (SSSR count). The highest BCUT2D eigenvalue weighted by atomic mass is 32.1. The summed E-state index contributed by atoms with van der Waals surface area (Å²) in [4.78, 5) is 22.5. The quantitative estimate of drug-likeness (QED) is 0.638. The minimum atomic E-state index is -1.09. The zero-order valence-electron chi connectivity index (χ0n) is 7.77. The molecule has 1 heterocycles. The van der Waals surface area contributed by atoms with Crippen molar-refractivity contribution >= 4 is 33.9 Å². The monoisotopic (exact) mass is 220 g/mol. The fourth-order valence-electron chi connectivity index (χ4n) is 1.43. The largest absolute Gasteiger partial charge is 0.481 e. The van der Waals surface area contributed by atoms with Gasteiger partial charge in [-0.25, -0.2) is 0 Å². The molecule has 0 aliphatic rings. The second kappa shape index (κ2) is 3.82. The van der Waals surface area contributed by atoms with Gasteiger partial charge in [-0.3, -0.25) is 9.59 Å². The number of carbonyl (C=O) groups is 2. The predicted molar refractivity (Wildman–Crippen MR) is 58.4 cm³/mol. The van der Waals surface area contributed by atoms with Crippen LogP contribution < -0.4 is 0 Å². The molecule has 0 saturated heterocycles. The smallest absolute Gasteiger partial charge is 0.311 e. The molecule has 0 aliphatic carbocycles. The van der Waals surface area contributed by atoms with Crippen molar-refractivity contribution in [3.05, 3.63) is 34.5 Å². The first-order valence-corrected chi connectivity index (χ1v) is 5.27. The molecule has 0 saturated carbocycles. The zero-order chi connectivity index (χ0) is 10.8. The van der Waals surface area contributed by atoms with E-state index in [1.54, 1.807) is 0 Å². The summed E-state index contributed by atoms with van der Waals surface area (Å²) in [5.74, 6) is -1.41. The first kappa shape index (κ1) is 9.86. The van der Waals surface area contributed by atoms with Crippen molar-refractivity contribution in [2.24, 2.45) is 0 Å². The number of carboxylic acid groups (broad SMARTS) is 1. The topological polar surface area (TPSA) is 54.4 Å². The summed E-state index contributed by atoms with van der Waals surface area (Å²) in [5.41, 5.74) is 0. The molecule has 15 heavy (non-hydrogen) atoms. The van der Waals surface area contributed by atoms with Crippen LogP contribution in [0.5, 0.6) is 0 Å². The Morgan fingerprint density at radius 2 is 2.00 bits per heavy atom. The van der Waals surface area contributed by atoms with Gasteiger partial charge in [0.05, 0.1) is 4.88 Å². The Morgan fingerprint density at radius 1 is 1.27 bits per heavy atom. The molecule has 0 fully saturated rings. The summed E-state index contributed by atoms with van der Waals surface area (Å²) in [6.07, 6.45) is -0.440. The Labute approximate surface area is 90.0 Å². The molecule has 0 spiro atoms. The second-order valence-corrected chi connectivity index (χ2v) is 4.03. The van der Waals surface area contributed by atoms with Crippen LogP contribution in [0.1, 0.15) is 16.1 Å². The van der Waals surface area contributed by atoms with E-state index in [0.717, 1.165) is 10.8 Å². The average molecular weight is 220 g/mol. The van der Waals surface area contributed by atoms with Crippen LogP contribution >= 0.6 is 11.3 Å². The van der Waals surface area contributed by atoms with Crippen LogP contribution in [-0.4, -0.2) is 16.9 Å². The lowest BCUT2D eigenvalue weighted by atomic mass is 10.1. The van der Waals surface area contributed by atoms with Crippen LogP contribution in [0.4, 0.5) is 0 Å². The van der Waals surface area contributed by atoms with Gasteiger partial charge < -0.3 is 5.11 Å². The number of thiophene rings is 1. The van der Waals surface area contributed by atoms with Gasteiger partial charge in [-0.2, -0.15) is 0 Å². The number of fused-ring (bicyclic) bond motifs is 1. The van der Waals surface area contributed by atoms with Crippen molar-refractivity contribution in [3.8, 4) is 0 Å². The van der Waals surface area contributed by atoms with Gasteiger partial charge in [0, 0.05) is 5.39 Å². The molecule has 0 atom stereocenters. The molecule has 0 aliphatic heterocycles. The third kappa shape index (κ3) is 1.89. The van der Waals surface area contributed by atoms with E-state index in [2.05, 4.69) is 0 Å². The van der Waals surface area contributed by atoms with Gasteiger partial charge in [-0.05, 0) is 10.8 Å². The molecule has 1 aromatic carbocycles. The van der Waals surface area contributed by atoms with Crippen molar-refractivity contribution in [2.45, 2.75) is 6.42 Å². The van der Waals surface area contributed by atoms with E-state index in [4.69, 9.17) is 5.11 Å². The molecule has 1 aromatic heterocycles. The maximum atomic E-state index is 11.6. The maximum absolute atomic E-state index is 11.6. The fraction of sp³-hybridized carbons (Fsp3) is 0.0909. The first-order valence-electron chi connectivity index (χ1n) is 4.39. The van der Waals surface area contributed by atoms with E-state index in [0.29, 0.717) is 4.88 Å². The summed E-state index contributed by atoms with van der Waals surface area (Å²) in [5, 5.41) is 12.2. The number of rotatable bonds is 3. The van der Waals surface area contributed by atoms with Crippen LogP contribution in [-0.2, 0) is 4.79 Å². The number of carboxylic acids is 1. The Kier molecular flexibility index (Phi) is 2.51. The summed E-state index contributed by atoms with van der Waals surface area (Å²) in [6.45, 7) is 0. The fourth-order valence-corrected chi connectivity index (χ4v) is 2.39. The number of benzene rings is 1. The van der Waals surface area contributed by atoms with Crippen molar-refractivity contribution in [3.63, 3.8) is 0 Å². The summed E-state index contributed by atoms with van der Waals surface area (Å²) in [6, 6.07) is 7.47. The third-order valence-electron chi connectivity index (χ3n) is 2.07. The predicted octanol–water partition coefficient (Wildman–Crippen LogP) is 2.56. The minimum Gasteiger partial charge on any atom is -0.481 e. The molecule has 2 aromatic rings. The van der Waals surface area contributed by atoms with Crippen LogP contribution in [0.2, 0.25) is 0 Å². The van der Waals surface area contributed by atoms with Gasteiger partial charge in [0.2, 0.25) is 0 Å². The number of ketones is 1. The SMILES string of the molecule is O=C(O)CC(=O)c1scc2ccccc12. The second-order valence-electron chi connectivity index (χ2n) is 3.15. The van der Waals surface area contributed by atoms with Crippen LogP contribution in [0, 0.1) is 0 Å². The standard InChI is InChI=1S/C11H8O3S/c12-9(5-10(13)14)11-8-4-2-1-3-7(8)6-15-11/h1-4,6H,5H2,(H,13,14). The van der Waals surface area contributed by atoms with E-state index in [-0.39, 0.29) is 5.78 Å². The van der Waals surface area contributed by atoms with Crippen molar-refractivity contribution in [2.75, 3.05) is 0 Å². The van der Waals surface area contributed by atoms with E-state index in [9.17, 15) is 9.59 Å². The maximum Gasteiger partial charge on any atom is 0.311 e. The van der Waals surface area contributed by atoms with Crippen LogP contribution in [0.3, 0.4) is 0 Å². The molecular formula is C11H8O3S. The lowest BCUT2D eigenvalue weighted by Gasteiger charge is -1.94. The van der Waals surface area contributed by atoms with E-state index in [1.807, 2.05) is 29.6 Å². The van der Waals surface area contributed by atoms with Gasteiger partial charge in [0.25, 0.3) is 0 Å².